The predicted octanol–water partition coefficient (Wildman–Crippen LogP) is 6.75. The van der Waals surface area contributed by atoms with Crippen LogP contribution in [0.25, 0.3) is 16.6 Å². The fourth-order valence-corrected chi connectivity index (χ4v) is 5.48. The first kappa shape index (κ1) is 18.6. The van der Waals surface area contributed by atoms with E-state index >= 15 is 0 Å². The van der Waals surface area contributed by atoms with Crippen LogP contribution in [-0.2, 0) is 0 Å². The van der Waals surface area contributed by atoms with Crippen LogP contribution >= 0.6 is 11.8 Å². The molecule has 1 N–H and O–H groups in total. The third-order valence-electron chi connectivity index (χ3n) is 5.70. The highest BCUT2D eigenvalue weighted by molar-refractivity contribution is 7.99. The number of nitrogens with zero attached hydrogens (tertiary/aromatic N) is 1. The maximum Gasteiger partial charge on any atom is 0.0983 e. The number of fused-ring (bicyclic) bond motifs is 1. The SMILES string of the molecule is CCCSc1c(C(O)C2CCCCC2)n(-c2ccccc2)c2ccccc12. The fraction of sp³-hybridized carbons (Fsp3) is 0.417. The van der Waals surface area contributed by atoms with E-state index in [1.807, 2.05) is 11.8 Å². The van der Waals surface area contributed by atoms with Crippen LogP contribution in [0.4, 0.5) is 0 Å². The Hall–Kier alpha value is -1.71. The van der Waals surface area contributed by atoms with E-state index in [2.05, 4.69) is 66.1 Å². The minimum absolute atomic E-state index is 0.367. The maximum absolute atomic E-state index is 11.5. The van der Waals surface area contributed by atoms with Crippen LogP contribution < -0.4 is 0 Å². The Morgan fingerprint density at radius 2 is 1.70 bits per heavy atom. The molecule has 1 unspecified atom stereocenters. The van der Waals surface area contributed by atoms with Gasteiger partial charge in [0.1, 0.15) is 0 Å². The Labute approximate surface area is 166 Å². The second-order valence-electron chi connectivity index (χ2n) is 7.59. The van der Waals surface area contributed by atoms with Gasteiger partial charge < -0.3 is 9.67 Å². The van der Waals surface area contributed by atoms with Gasteiger partial charge in [0.15, 0.2) is 0 Å². The molecule has 3 heteroatoms. The number of para-hydroxylation sites is 2. The monoisotopic (exact) mass is 379 g/mol. The van der Waals surface area contributed by atoms with E-state index in [1.165, 1.54) is 35.1 Å². The molecule has 1 atom stereocenters. The molecule has 2 aromatic carbocycles. The van der Waals surface area contributed by atoms with Gasteiger partial charge in [0.2, 0.25) is 0 Å². The summed E-state index contributed by atoms with van der Waals surface area (Å²) in [4.78, 5) is 1.27. The number of benzene rings is 2. The van der Waals surface area contributed by atoms with Gasteiger partial charge in [-0.1, -0.05) is 62.6 Å². The van der Waals surface area contributed by atoms with Crippen molar-refractivity contribution in [3.05, 3.63) is 60.3 Å². The number of hydrogen-bond acceptors (Lipinski definition) is 2. The topological polar surface area (TPSA) is 25.2 Å². The first-order valence-electron chi connectivity index (χ1n) is 10.3. The van der Waals surface area contributed by atoms with Crippen molar-refractivity contribution in [2.75, 3.05) is 5.75 Å². The molecule has 1 aromatic heterocycles. The van der Waals surface area contributed by atoms with Gasteiger partial charge in [0.25, 0.3) is 0 Å². The Balaban J connectivity index is 1.92. The van der Waals surface area contributed by atoms with Crippen molar-refractivity contribution in [2.45, 2.75) is 56.4 Å². The van der Waals surface area contributed by atoms with Crippen molar-refractivity contribution < 1.29 is 5.11 Å². The number of aliphatic hydroxyl groups is 1. The van der Waals surface area contributed by atoms with Gasteiger partial charge in [-0.15, -0.1) is 11.8 Å². The quantitative estimate of drug-likeness (QED) is 0.479. The molecule has 0 radical (unpaired) electrons. The summed E-state index contributed by atoms with van der Waals surface area (Å²) in [6.45, 7) is 2.22. The molecule has 142 valence electrons. The molecule has 0 saturated heterocycles. The normalized spacial score (nSPS) is 16.7. The minimum atomic E-state index is -0.405. The van der Waals surface area contributed by atoms with Gasteiger partial charge in [-0.2, -0.15) is 0 Å². The predicted molar refractivity (Wildman–Crippen MR) is 116 cm³/mol. The molecule has 1 saturated carbocycles. The number of rotatable bonds is 6. The van der Waals surface area contributed by atoms with Crippen LogP contribution in [0.2, 0.25) is 0 Å². The zero-order valence-electron chi connectivity index (χ0n) is 16.1. The molecule has 4 rings (SSSR count). The first-order valence-corrected chi connectivity index (χ1v) is 11.3. The summed E-state index contributed by atoms with van der Waals surface area (Å²) in [7, 11) is 0. The summed E-state index contributed by atoms with van der Waals surface area (Å²) in [5.74, 6) is 1.44. The molecule has 1 heterocycles. The van der Waals surface area contributed by atoms with E-state index < -0.39 is 6.10 Å². The van der Waals surface area contributed by atoms with Crippen LogP contribution in [0.1, 0.15) is 57.2 Å². The van der Waals surface area contributed by atoms with Crippen LogP contribution in [0.15, 0.2) is 59.5 Å². The summed E-state index contributed by atoms with van der Waals surface area (Å²) >= 11 is 1.90. The molecule has 1 aliphatic carbocycles. The van der Waals surface area contributed by atoms with Crippen molar-refractivity contribution in [2.24, 2.45) is 5.92 Å². The van der Waals surface area contributed by atoms with Crippen LogP contribution in [-0.4, -0.2) is 15.4 Å². The van der Waals surface area contributed by atoms with Gasteiger partial charge in [-0.25, -0.2) is 0 Å². The highest BCUT2D eigenvalue weighted by atomic mass is 32.2. The van der Waals surface area contributed by atoms with Gasteiger partial charge >= 0.3 is 0 Å². The number of hydrogen-bond donors (Lipinski definition) is 1. The van der Waals surface area contributed by atoms with Gasteiger partial charge in [0.05, 0.1) is 17.3 Å². The molecule has 2 nitrogen and oxygen atoms in total. The lowest BCUT2D eigenvalue weighted by Crippen LogP contribution is -2.19. The van der Waals surface area contributed by atoms with Gasteiger partial charge in [0, 0.05) is 16.0 Å². The van der Waals surface area contributed by atoms with E-state index in [-0.39, 0.29) is 0 Å². The molecule has 0 aliphatic heterocycles. The zero-order valence-corrected chi connectivity index (χ0v) is 16.9. The Morgan fingerprint density at radius 1 is 1.00 bits per heavy atom. The number of aromatic nitrogens is 1. The average Bonchev–Trinajstić information content (AvgIpc) is 3.07. The van der Waals surface area contributed by atoms with Crippen LogP contribution in [0.3, 0.4) is 0 Å². The summed E-state index contributed by atoms with van der Waals surface area (Å²) in [6, 6.07) is 19.1. The molecule has 1 fully saturated rings. The second-order valence-corrected chi connectivity index (χ2v) is 8.70. The molecule has 0 bridgehead atoms. The summed E-state index contributed by atoms with van der Waals surface area (Å²) in [6.07, 6.45) is 6.79. The smallest absolute Gasteiger partial charge is 0.0983 e. The van der Waals surface area contributed by atoms with Gasteiger partial charge in [-0.05, 0) is 49.1 Å². The molecule has 1 aliphatic rings. The van der Waals surface area contributed by atoms with E-state index in [1.54, 1.807) is 0 Å². The van der Waals surface area contributed by atoms with E-state index in [0.717, 1.165) is 36.4 Å². The lowest BCUT2D eigenvalue weighted by Gasteiger charge is -2.28. The Bertz CT molecular complexity index is 880. The fourth-order valence-electron chi connectivity index (χ4n) is 4.38. The third kappa shape index (κ3) is 3.68. The third-order valence-corrected chi connectivity index (χ3v) is 7.03. The first-order chi connectivity index (χ1) is 13.3. The largest absolute Gasteiger partial charge is 0.387 e. The minimum Gasteiger partial charge on any atom is -0.387 e. The molecular formula is C24H29NOS. The molecule has 0 amide bonds. The van der Waals surface area contributed by atoms with Crippen molar-refractivity contribution >= 4 is 22.7 Å². The summed E-state index contributed by atoms with van der Waals surface area (Å²) in [5.41, 5.74) is 3.45. The average molecular weight is 380 g/mol. The van der Waals surface area contributed by atoms with Gasteiger partial charge in [-0.3, -0.25) is 0 Å². The molecular weight excluding hydrogens is 350 g/mol. The lowest BCUT2D eigenvalue weighted by atomic mass is 9.84. The van der Waals surface area contributed by atoms with E-state index in [0.29, 0.717) is 5.92 Å². The maximum atomic E-state index is 11.5. The van der Waals surface area contributed by atoms with Crippen molar-refractivity contribution in [3.8, 4) is 5.69 Å². The zero-order chi connectivity index (χ0) is 18.6. The summed E-state index contributed by atoms with van der Waals surface area (Å²) < 4.78 is 2.31. The molecule has 3 aromatic rings. The Kier molecular flexibility index (Phi) is 5.89. The second kappa shape index (κ2) is 8.53. The number of aliphatic hydroxyl groups excluding tert-OH is 1. The van der Waals surface area contributed by atoms with Crippen molar-refractivity contribution in [1.29, 1.82) is 0 Å². The molecule has 0 spiro atoms. The summed E-state index contributed by atoms with van der Waals surface area (Å²) in [5, 5.41) is 12.8. The Morgan fingerprint density at radius 3 is 2.44 bits per heavy atom. The lowest BCUT2D eigenvalue weighted by molar-refractivity contribution is 0.0778. The standard InChI is InChI=1S/C24H29NOS/c1-2-17-27-24-20-15-9-10-16-21(20)25(19-13-7-4-8-14-19)22(24)23(26)18-11-5-3-6-12-18/h4,7-10,13-16,18,23,26H,2-3,5-6,11-12,17H2,1H3. The number of thioether (sulfide) groups is 1. The van der Waals surface area contributed by atoms with E-state index in [4.69, 9.17) is 0 Å². The molecule has 27 heavy (non-hydrogen) atoms. The van der Waals surface area contributed by atoms with Crippen molar-refractivity contribution in [3.63, 3.8) is 0 Å². The van der Waals surface area contributed by atoms with E-state index in [9.17, 15) is 5.11 Å². The van der Waals surface area contributed by atoms with Crippen LogP contribution in [0.5, 0.6) is 0 Å². The van der Waals surface area contributed by atoms with Crippen LogP contribution in [0, 0.1) is 5.92 Å². The highest BCUT2D eigenvalue weighted by Gasteiger charge is 2.30. The highest BCUT2D eigenvalue weighted by Crippen LogP contribution is 2.44. The van der Waals surface area contributed by atoms with Crippen molar-refractivity contribution in [1.82, 2.24) is 4.57 Å².